The van der Waals surface area contributed by atoms with Crippen LogP contribution in [0.3, 0.4) is 0 Å². The highest BCUT2D eigenvalue weighted by atomic mass is 16.5. The number of nitrogen functional groups attached to an aromatic ring is 1. The van der Waals surface area contributed by atoms with Gasteiger partial charge in [0, 0.05) is 11.1 Å². The number of aromatic nitrogens is 3. The Labute approximate surface area is 183 Å². The van der Waals surface area contributed by atoms with Crippen molar-refractivity contribution in [3.8, 4) is 11.1 Å². The summed E-state index contributed by atoms with van der Waals surface area (Å²) in [7, 11) is 0. The molecule has 1 aliphatic heterocycles. The maximum Gasteiger partial charge on any atom is 0.293 e. The largest absolute Gasteiger partial charge is 0.362 e. The molecule has 1 aliphatic rings. The molecule has 0 fully saturated rings. The molecule has 0 aliphatic carbocycles. The van der Waals surface area contributed by atoms with Crippen LogP contribution < -0.4 is 10.4 Å². The summed E-state index contributed by atoms with van der Waals surface area (Å²) in [6.45, 7) is 3.83. The number of carbonyl (C=O) groups excluding carboxylic acids is 2. The van der Waals surface area contributed by atoms with Gasteiger partial charge in [-0.2, -0.15) is 0 Å². The minimum Gasteiger partial charge on any atom is -0.362 e. The van der Waals surface area contributed by atoms with Crippen molar-refractivity contribution in [3.05, 3.63) is 82.9 Å². The summed E-state index contributed by atoms with van der Waals surface area (Å²) in [5.74, 6) is 0.196. The molecule has 0 radical (unpaired) electrons. The van der Waals surface area contributed by atoms with Crippen LogP contribution in [0, 0.1) is 13.8 Å². The third kappa shape index (κ3) is 3.15. The lowest BCUT2D eigenvalue weighted by molar-refractivity contribution is -0.776. The van der Waals surface area contributed by atoms with Gasteiger partial charge in [0.05, 0.1) is 23.4 Å². The molecule has 0 bridgehead atoms. The van der Waals surface area contributed by atoms with E-state index in [0.29, 0.717) is 11.1 Å². The second-order valence-corrected chi connectivity index (χ2v) is 7.69. The first-order chi connectivity index (χ1) is 15.4. The van der Waals surface area contributed by atoms with E-state index >= 15 is 0 Å². The highest BCUT2D eigenvalue weighted by Gasteiger charge is 2.40. The Bertz CT molecular complexity index is 1280. The van der Waals surface area contributed by atoms with Crippen molar-refractivity contribution in [1.29, 1.82) is 0 Å². The molecule has 2 N–H and O–H groups in total. The SMILES string of the molecule is Cc1noc(C)c1-c1ccc(C(CN2C(=O)c3ccccc3C2=O)[n+]2cc(N)on2)cc1. The smallest absolute Gasteiger partial charge is 0.293 e. The van der Waals surface area contributed by atoms with Gasteiger partial charge in [-0.15, -0.1) is 0 Å². The van der Waals surface area contributed by atoms with Crippen LogP contribution in [0.1, 0.15) is 43.8 Å². The predicted molar refractivity (Wildman–Crippen MR) is 112 cm³/mol. The third-order valence-corrected chi connectivity index (χ3v) is 5.67. The number of hydrogen-bond acceptors (Lipinski definition) is 7. The van der Waals surface area contributed by atoms with Crippen LogP contribution in [0.2, 0.25) is 0 Å². The minimum absolute atomic E-state index is 0.0770. The fourth-order valence-electron chi connectivity index (χ4n) is 4.11. The maximum absolute atomic E-state index is 12.9. The third-order valence-electron chi connectivity index (χ3n) is 5.67. The number of imide groups is 1. The molecule has 2 aromatic heterocycles. The second-order valence-electron chi connectivity index (χ2n) is 7.69. The highest BCUT2D eigenvalue weighted by Crippen LogP contribution is 2.29. The summed E-state index contributed by atoms with van der Waals surface area (Å²) in [5.41, 5.74) is 10.0. The Morgan fingerprint density at radius 1 is 1.00 bits per heavy atom. The van der Waals surface area contributed by atoms with E-state index in [4.69, 9.17) is 14.8 Å². The van der Waals surface area contributed by atoms with Crippen molar-refractivity contribution >= 4 is 17.7 Å². The molecule has 9 nitrogen and oxygen atoms in total. The second kappa shape index (κ2) is 7.45. The number of hydrogen-bond donors (Lipinski definition) is 1. The van der Waals surface area contributed by atoms with Gasteiger partial charge < -0.3 is 10.3 Å². The molecule has 5 rings (SSSR count). The number of rotatable bonds is 5. The first-order valence-corrected chi connectivity index (χ1v) is 10.1. The van der Waals surface area contributed by atoms with Crippen LogP contribution >= 0.6 is 0 Å². The molecule has 2 aromatic carbocycles. The number of aryl methyl sites for hydroxylation is 2. The molecular formula is C23H20N5O4+. The topological polar surface area (TPSA) is 119 Å². The molecule has 3 heterocycles. The first kappa shape index (κ1) is 19.7. The van der Waals surface area contributed by atoms with Crippen LogP contribution in [0.15, 0.2) is 63.8 Å². The molecule has 0 saturated heterocycles. The van der Waals surface area contributed by atoms with E-state index in [1.165, 1.54) is 15.8 Å². The Kier molecular flexibility index (Phi) is 4.58. The fourth-order valence-corrected chi connectivity index (χ4v) is 4.11. The number of amides is 2. The standard InChI is InChI=1S/C23H20N5O4/c1-13-21(14(2)31-25-13)16-9-7-15(8-10-16)19(28-12-20(24)32-26-28)11-27-22(29)17-5-3-4-6-18(17)23(27)30/h3-10,12,19H,11,24H2,1-2H3/q+1. The molecule has 1 atom stereocenters. The molecule has 0 spiro atoms. The lowest BCUT2D eigenvalue weighted by Crippen LogP contribution is -2.48. The maximum atomic E-state index is 12.9. The zero-order valence-electron chi connectivity index (χ0n) is 17.5. The summed E-state index contributed by atoms with van der Waals surface area (Å²) in [5, 5.41) is 7.98. The van der Waals surface area contributed by atoms with E-state index in [1.807, 2.05) is 38.1 Å². The molecular weight excluding hydrogens is 410 g/mol. The molecule has 32 heavy (non-hydrogen) atoms. The van der Waals surface area contributed by atoms with Crippen molar-refractivity contribution in [2.24, 2.45) is 0 Å². The lowest BCUT2D eigenvalue weighted by Gasteiger charge is -2.17. The van der Waals surface area contributed by atoms with Crippen LogP contribution in [0.25, 0.3) is 11.1 Å². The van der Waals surface area contributed by atoms with Crippen molar-refractivity contribution in [2.75, 3.05) is 12.3 Å². The summed E-state index contributed by atoms with van der Waals surface area (Å²) in [4.78, 5) is 27.0. The Balaban J connectivity index is 1.50. The van der Waals surface area contributed by atoms with Gasteiger partial charge in [0.15, 0.2) is 0 Å². The van der Waals surface area contributed by atoms with Gasteiger partial charge in [0.2, 0.25) is 11.3 Å². The number of carbonyl (C=O) groups is 2. The Morgan fingerprint density at radius 2 is 1.66 bits per heavy atom. The number of nitrogens with zero attached hydrogens (tertiary/aromatic N) is 4. The van der Waals surface area contributed by atoms with Gasteiger partial charge in [0.1, 0.15) is 5.76 Å². The van der Waals surface area contributed by atoms with E-state index in [-0.39, 0.29) is 24.2 Å². The van der Waals surface area contributed by atoms with Crippen LogP contribution in [-0.4, -0.2) is 33.7 Å². The van der Waals surface area contributed by atoms with Gasteiger partial charge in [-0.25, -0.2) is 0 Å². The summed E-state index contributed by atoms with van der Waals surface area (Å²) in [6, 6.07) is 14.0. The monoisotopic (exact) mass is 430 g/mol. The van der Waals surface area contributed by atoms with E-state index < -0.39 is 6.04 Å². The fraction of sp³-hybridized carbons (Fsp3) is 0.174. The molecule has 160 valence electrons. The number of fused-ring (bicyclic) bond motifs is 1. The normalized spacial score (nSPS) is 14.1. The average molecular weight is 430 g/mol. The minimum atomic E-state index is -0.489. The average Bonchev–Trinajstić information content (AvgIpc) is 3.44. The number of benzene rings is 2. The summed E-state index contributed by atoms with van der Waals surface area (Å²) < 4.78 is 11.8. The molecule has 9 heteroatoms. The van der Waals surface area contributed by atoms with Gasteiger partial charge in [-0.05, 0) is 36.2 Å². The highest BCUT2D eigenvalue weighted by molar-refractivity contribution is 6.21. The van der Waals surface area contributed by atoms with E-state index in [1.54, 1.807) is 24.3 Å². The molecule has 0 saturated carbocycles. The van der Waals surface area contributed by atoms with Crippen molar-refractivity contribution < 1.29 is 23.3 Å². The molecule has 4 aromatic rings. The van der Waals surface area contributed by atoms with Crippen molar-refractivity contribution in [3.63, 3.8) is 0 Å². The predicted octanol–water partition coefficient (Wildman–Crippen LogP) is 2.70. The van der Waals surface area contributed by atoms with Gasteiger partial charge in [-0.1, -0.05) is 41.6 Å². The van der Waals surface area contributed by atoms with E-state index in [2.05, 4.69) is 10.4 Å². The molecule has 1 unspecified atom stereocenters. The van der Waals surface area contributed by atoms with Crippen LogP contribution in [0.5, 0.6) is 0 Å². The zero-order chi connectivity index (χ0) is 22.4. The summed E-state index contributed by atoms with van der Waals surface area (Å²) >= 11 is 0. The number of anilines is 1. The number of nitrogens with two attached hydrogens (primary N) is 1. The quantitative estimate of drug-likeness (QED) is 0.382. The van der Waals surface area contributed by atoms with E-state index in [9.17, 15) is 9.59 Å². The van der Waals surface area contributed by atoms with Crippen LogP contribution in [0.4, 0.5) is 5.88 Å². The molecule has 2 amide bonds. The lowest BCUT2D eigenvalue weighted by atomic mass is 9.99. The van der Waals surface area contributed by atoms with Crippen molar-refractivity contribution in [1.82, 2.24) is 15.3 Å². The van der Waals surface area contributed by atoms with Gasteiger partial charge >= 0.3 is 0 Å². The van der Waals surface area contributed by atoms with Gasteiger partial charge in [-0.3, -0.25) is 19.0 Å². The zero-order valence-corrected chi connectivity index (χ0v) is 17.5. The van der Waals surface area contributed by atoms with Gasteiger partial charge in [0.25, 0.3) is 23.9 Å². The Morgan fingerprint density at radius 3 is 2.19 bits per heavy atom. The Hall–Kier alpha value is -4.27. The summed E-state index contributed by atoms with van der Waals surface area (Å²) in [6.07, 6.45) is 1.53. The van der Waals surface area contributed by atoms with Crippen LogP contribution in [-0.2, 0) is 0 Å². The first-order valence-electron chi connectivity index (χ1n) is 10.1. The van der Waals surface area contributed by atoms with Crippen molar-refractivity contribution in [2.45, 2.75) is 19.9 Å². The van der Waals surface area contributed by atoms with E-state index in [0.717, 1.165) is 28.1 Å².